The normalized spacial score (nSPS) is 25.7. The molecule has 26 heavy (non-hydrogen) atoms. The largest absolute Gasteiger partial charge is 0.356 e. The summed E-state index contributed by atoms with van der Waals surface area (Å²) in [7, 11) is 0. The number of amides is 1. The Morgan fingerprint density at radius 3 is 2.69 bits per heavy atom. The molecule has 5 nitrogen and oxygen atoms in total. The molecule has 0 aliphatic carbocycles. The predicted molar refractivity (Wildman–Crippen MR) is 103 cm³/mol. The van der Waals surface area contributed by atoms with E-state index in [1.165, 1.54) is 12.0 Å². The van der Waals surface area contributed by atoms with E-state index in [1.54, 1.807) is 6.20 Å². The van der Waals surface area contributed by atoms with Crippen LogP contribution in [-0.2, 0) is 0 Å². The van der Waals surface area contributed by atoms with Crippen molar-refractivity contribution in [2.75, 3.05) is 31.1 Å². The number of likely N-dealkylation sites (tertiary alicyclic amines) is 1. The number of rotatable bonds is 3. The van der Waals surface area contributed by atoms with Crippen molar-refractivity contribution in [3.05, 3.63) is 59.8 Å². The van der Waals surface area contributed by atoms with Gasteiger partial charge in [0.1, 0.15) is 5.82 Å². The fourth-order valence-corrected chi connectivity index (χ4v) is 4.10. The van der Waals surface area contributed by atoms with Gasteiger partial charge >= 0.3 is 0 Å². The van der Waals surface area contributed by atoms with Crippen LogP contribution >= 0.6 is 0 Å². The Morgan fingerprint density at radius 2 is 1.96 bits per heavy atom. The van der Waals surface area contributed by atoms with Crippen LogP contribution in [0.1, 0.15) is 35.2 Å². The molecule has 5 heteroatoms. The Morgan fingerprint density at radius 1 is 1.15 bits per heavy atom. The zero-order valence-electron chi connectivity index (χ0n) is 15.2. The Balaban J connectivity index is 1.50. The smallest absolute Gasteiger partial charge is 0.254 e. The molecule has 0 saturated carbocycles. The lowest BCUT2D eigenvalue weighted by Crippen LogP contribution is -2.32. The van der Waals surface area contributed by atoms with E-state index < -0.39 is 0 Å². The van der Waals surface area contributed by atoms with Gasteiger partial charge in [-0.1, -0.05) is 37.3 Å². The minimum Gasteiger partial charge on any atom is -0.356 e. The molecule has 1 amide bonds. The number of hydrogen-bond acceptors (Lipinski definition) is 4. The van der Waals surface area contributed by atoms with Gasteiger partial charge < -0.3 is 15.5 Å². The van der Waals surface area contributed by atoms with Crippen LogP contribution in [0.5, 0.6) is 0 Å². The van der Waals surface area contributed by atoms with Gasteiger partial charge in [-0.25, -0.2) is 4.98 Å². The molecule has 1 aromatic carbocycles. The van der Waals surface area contributed by atoms with Gasteiger partial charge in [0, 0.05) is 49.9 Å². The first-order valence-corrected chi connectivity index (χ1v) is 9.42. The maximum Gasteiger partial charge on any atom is 0.254 e. The van der Waals surface area contributed by atoms with Crippen LogP contribution in [0, 0.1) is 5.92 Å². The highest BCUT2D eigenvalue weighted by molar-refractivity contribution is 5.95. The number of anilines is 1. The highest BCUT2D eigenvalue weighted by Crippen LogP contribution is 2.28. The summed E-state index contributed by atoms with van der Waals surface area (Å²) < 4.78 is 0. The standard InChI is InChI=1S/C21H26N4O/c1-15-8-10-24(12-15)20-11-17(7-9-23-20)21(26)25-13-18(19(22)14-25)16-5-3-2-4-6-16/h2-7,9,11,15,18-19H,8,10,12-14,22H2,1H3/t15?,18-,19+/m0/s1. The second-order valence-electron chi connectivity index (χ2n) is 7.63. The summed E-state index contributed by atoms with van der Waals surface area (Å²) in [6.07, 6.45) is 2.93. The van der Waals surface area contributed by atoms with Crippen LogP contribution in [0.25, 0.3) is 0 Å². The predicted octanol–water partition coefficient (Wildman–Crippen LogP) is 2.49. The van der Waals surface area contributed by atoms with E-state index in [1.807, 2.05) is 35.2 Å². The summed E-state index contributed by atoms with van der Waals surface area (Å²) in [6.45, 7) is 5.54. The van der Waals surface area contributed by atoms with Crippen LogP contribution in [0.3, 0.4) is 0 Å². The minimum atomic E-state index is -0.0258. The molecule has 0 spiro atoms. The highest BCUT2D eigenvalue weighted by atomic mass is 16.2. The summed E-state index contributed by atoms with van der Waals surface area (Å²) in [5.74, 6) is 1.83. The zero-order valence-corrected chi connectivity index (χ0v) is 15.2. The molecule has 136 valence electrons. The first kappa shape index (κ1) is 17.0. The van der Waals surface area contributed by atoms with E-state index in [2.05, 4.69) is 28.9 Å². The van der Waals surface area contributed by atoms with Crippen LogP contribution in [-0.4, -0.2) is 48.0 Å². The third-order valence-electron chi connectivity index (χ3n) is 5.62. The summed E-state index contributed by atoms with van der Waals surface area (Å²) >= 11 is 0. The Bertz CT molecular complexity index is 779. The number of carbonyl (C=O) groups excluding carboxylic acids is 1. The lowest BCUT2D eigenvalue weighted by Gasteiger charge is -2.20. The molecule has 2 fully saturated rings. The molecule has 2 saturated heterocycles. The van der Waals surface area contributed by atoms with Gasteiger partial charge in [-0.05, 0) is 30.0 Å². The maximum absolute atomic E-state index is 13.0. The molecule has 1 aromatic heterocycles. The van der Waals surface area contributed by atoms with Gasteiger partial charge in [-0.2, -0.15) is 0 Å². The molecule has 0 bridgehead atoms. The number of benzene rings is 1. The van der Waals surface area contributed by atoms with E-state index in [0.717, 1.165) is 18.9 Å². The minimum absolute atomic E-state index is 0.0258. The Hall–Kier alpha value is -2.40. The van der Waals surface area contributed by atoms with Crippen LogP contribution in [0.4, 0.5) is 5.82 Å². The summed E-state index contributed by atoms with van der Waals surface area (Å²) in [6, 6.07) is 14.0. The van der Waals surface area contributed by atoms with Crippen LogP contribution < -0.4 is 10.6 Å². The quantitative estimate of drug-likeness (QED) is 0.924. The lowest BCUT2D eigenvalue weighted by atomic mass is 9.95. The summed E-state index contributed by atoms with van der Waals surface area (Å²) in [5, 5.41) is 0. The van der Waals surface area contributed by atoms with Crippen LogP contribution in [0.15, 0.2) is 48.7 Å². The average Bonchev–Trinajstić information content (AvgIpc) is 3.28. The van der Waals surface area contributed by atoms with E-state index in [0.29, 0.717) is 24.6 Å². The van der Waals surface area contributed by atoms with Crippen LogP contribution in [0.2, 0.25) is 0 Å². The maximum atomic E-state index is 13.0. The van der Waals surface area contributed by atoms with Crippen molar-refractivity contribution in [3.63, 3.8) is 0 Å². The molecule has 2 N–H and O–H groups in total. The molecule has 0 radical (unpaired) electrons. The molecule has 1 unspecified atom stereocenters. The third kappa shape index (κ3) is 3.31. The lowest BCUT2D eigenvalue weighted by molar-refractivity contribution is 0.0789. The Kier molecular flexibility index (Phi) is 4.64. The number of pyridine rings is 1. The number of nitrogens with zero attached hydrogens (tertiary/aromatic N) is 3. The van der Waals surface area contributed by atoms with E-state index >= 15 is 0 Å². The van der Waals surface area contributed by atoms with Gasteiger partial charge in [0.25, 0.3) is 5.91 Å². The van der Waals surface area contributed by atoms with Crippen molar-refractivity contribution in [1.82, 2.24) is 9.88 Å². The molecule has 2 aliphatic rings. The van der Waals surface area contributed by atoms with Gasteiger partial charge in [-0.3, -0.25) is 4.79 Å². The van der Waals surface area contributed by atoms with Crippen molar-refractivity contribution >= 4 is 11.7 Å². The molecule has 2 aromatic rings. The van der Waals surface area contributed by atoms with Gasteiger partial charge in [-0.15, -0.1) is 0 Å². The first-order chi connectivity index (χ1) is 12.6. The second-order valence-corrected chi connectivity index (χ2v) is 7.63. The third-order valence-corrected chi connectivity index (χ3v) is 5.62. The Labute approximate surface area is 154 Å². The monoisotopic (exact) mass is 350 g/mol. The molecular weight excluding hydrogens is 324 g/mol. The van der Waals surface area contributed by atoms with Crippen molar-refractivity contribution in [2.24, 2.45) is 11.7 Å². The summed E-state index contributed by atoms with van der Waals surface area (Å²) in [4.78, 5) is 21.6. The van der Waals surface area contributed by atoms with E-state index in [4.69, 9.17) is 5.73 Å². The summed E-state index contributed by atoms with van der Waals surface area (Å²) in [5.41, 5.74) is 8.26. The van der Waals surface area contributed by atoms with Gasteiger partial charge in [0.15, 0.2) is 0 Å². The zero-order chi connectivity index (χ0) is 18.1. The fraction of sp³-hybridized carbons (Fsp3) is 0.429. The van der Waals surface area contributed by atoms with Crippen molar-refractivity contribution in [1.29, 1.82) is 0 Å². The van der Waals surface area contributed by atoms with Gasteiger partial charge in [0.2, 0.25) is 0 Å². The van der Waals surface area contributed by atoms with Crippen molar-refractivity contribution in [2.45, 2.75) is 25.3 Å². The second kappa shape index (κ2) is 7.08. The highest BCUT2D eigenvalue weighted by Gasteiger charge is 2.34. The topological polar surface area (TPSA) is 62.5 Å². The number of aromatic nitrogens is 1. The molecule has 3 atom stereocenters. The molecule has 3 heterocycles. The number of nitrogens with two attached hydrogens (primary N) is 1. The molecule has 4 rings (SSSR count). The van der Waals surface area contributed by atoms with Crippen molar-refractivity contribution < 1.29 is 4.79 Å². The van der Waals surface area contributed by atoms with E-state index in [-0.39, 0.29) is 17.9 Å². The fourth-order valence-electron chi connectivity index (χ4n) is 4.10. The SMILES string of the molecule is CC1CCN(c2cc(C(=O)N3C[C@@H](N)[C@H](c4ccccc4)C3)ccn2)C1. The van der Waals surface area contributed by atoms with Crippen molar-refractivity contribution in [3.8, 4) is 0 Å². The van der Waals surface area contributed by atoms with Gasteiger partial charge in [0.05, 0.1) is 0 Å². The first-order valence-electron chi connectivity index (χ1n) is 9.42. The molecule has 2 aliphatic heterocycles. The van der Waals surface area contributed by atoms with E-state index in [9.17, 15) is 4.79 Å². The number of hydrogen-bond donors (Lipinski definition) is 1. The average molecular weight is 350 g/mol. The number of carbonyl (C=O) groups is 1. The molecular formula is C21H26N4O.